The minimum Gasteiger partial charge on any atom is -0.465 e. The molecule has 0 spiro atoms. The van der Waals surface area contributed by atoms with E-state index in [2.05, 4.69) is 0 Å². The van der Waals surface area contributed by atoms with Crippen molar-refractivity contribution in [3.8, 4) is 0 Å². The van der Waals surface area contributed by atoms with E-state index in [1.54, 1.807) is 0 Å². The lowest BCUT2D eigenvalue weighted by Gasteiger charge is -2.61. The van der Waals surface area contributed by atoms with Crippen molar-refractivity contribution in [3.05, 3.63) is 0 Å². The van der Waals surface area contributed by atoms with E-state index < -0.39 is 0 Å². The summed E-state index contributed by atoms with van der Waals surface area (Å²) in [5, 5.41) is 0. The van der Waals surface area contributed by atoms with Crippen LogP contribution in [0, 0.1) is 16.7 Å². The molecular formula is C11H18O2. The standard InChI is InChI=1S/C11H18O2/c1-10(2,3)9(12)13-7-11-4-8(5-11)6-11/h8H,4-7H2,1-3H3. The highest BCUT2D eigenvalue weighted by atomic mass is 16.5. The minimum atomic E-state index is -0.344. The maximum absolute atomic E-state index is 11.4. The van der Waals surface area contributed by atoms with Gasteiger partial charge in [-0.2, -0.15) is 0 Å². The summed E-state index contributed by atoms with van der Waals surface area (Å²) in [4.78, 5) is 11.4. The van der Waals surface area contributed by atoms with E-state index >= 15 is 0 Å². The number of carbonyl (C=O) groups is 1. The Labute approximate surface area is 79.7 Å². The molecule has 3 aliphatic rings. The Morgan fingerprint density at radius 1 is 1.38 bits per heavy atom. The number of esters is 1. The maximum atomic E-state index is 11.4. The molecule has 0 aromatic carbocycles. The molecule has 0 aromatic rings. The molecule has 2 heteroatoms. The molecule has 0 heterocycles. The van der Waals surface area contributed by atoms with Crippen molar-refractivity contribution in [3.63, 3.8) is 0 Å². The first-order valence-electron chi connectivity index (χ1n) is 5.09. The predicted molar refractivity (Wildman–Crippen MR) is 50.2 cm³/mol. The van der Waals surface area contributed by atoms with E-state index in [-0.39, 0.29) is 11.4 Å². The fourth-order valence-corrected chi connectivity index (χ4v) is 2.27. The lowest BCUT2D eigenvalue weighted by Crippen LogP contribution is -2.55. The summed E-state index contributed by atoms with van der Waals surface area (Å²) in [5.74, 6) is 0.908. The van der Waals surface area contributed by atoms with Crippen LogP contribution in [0.3, 0.4) is 0 Å². The van der Waals surface area contributed by atoms with Gasteiger partial charge in [-0.25, -0.2) is 0 Å². The van der Waals surface area contributed by atoms with Crippen LogP contribution in [0.1, 0.15) is 40.0 Å². The zero-order valence-electron chi connectivity index (χ0n) is 8.72. The summed E-state index contributed by atoms with van der Waals surface area (Å²) in [7, 11) is 0. The molecule has 0 amide bonds. The molecule has 0 aliphatic heterocycles. The fourth-order valence-electron chi connectivity index (χ4n) is 2.27. The molecule has 0 unspecified atom stereocenters. The molecule has 0 aromatic heterocycles. The second-order valence-corrected chi connectivity index (χ2v) is 5.80. The van der Waals surface area contributed by atoms with Gasteiger partial charge in [-0.3, -0.25) is 4.79 Å². The zero-order valence-corrected chi connectivity index (χ0v) is 8.72. The highest BCUT2D eigenvalue weighted by Gasteiger charge is 2.57. The average molecular weight is 182 g/mol. The molecule has 3 saturated carbocycles. The molecule has 74 valence electrons. The van der Waals surface area contributed by atoms with Gasteiger partial charge in [-0.15, -0.1) is 0 Å². The van der Waals surface area contributed by atoms with Gasteiger partial charge in [0, 0.05) is 5.41 Å². The summed E-state index contributed by atoms with van der Waals surface area (Å²) in [6, 6.07) is 0. The van der Waals surface area contributed by atoms with E-state index in [1.165, 1.54) is 19.3 Å². The Balaban J connectivity index is 1.76. The molecule has 0 saturated heterocycles. The predicted octanol–water partition coefficient (Wildman–Crippen LogP) is 2.38. The van der Waals surface area contributed by atoms with Crippen molar-refractivity contribution in [2.45, 2.75) is 40.0 Å². The third-order valence-corrected chi connectivity index (χ3v) is 3.29. The quantitative estimate of drug-likeness (QED) is 0.613. The van der Waals surface area contributed by atoms with Crippen molar-refractivity contribution in [1.82, 2.24) is 0 Å². The minimum absolute atomic E-state index is 0.0581. The van der Waals surface area contributed by atoms with Crippen LogP contribution in [-0.4, -0.2) is 12.6 Å². The van der Waals surface area contributed by atoms with Gasteiger partial charge in [0.1, 0.15) is 0 Å². The van der Waals surface area contributed by atoms with E-state index in [0.717, 1.165) is 5.92 Å². The number of carbonyl (C=O) groups excluding carboxylic acids is 1. The van der Waals surface area contributed by atoms with Gasteiger partial charge < -0.3 is 4.74 Å². The Hall–Kier alpha value is -0.530. The molecule has 0 N–H and O–H groups in total. The molecule has 0 radical (unpaired) electrons. The first-order chi connectivity index (χ1) is 5.91. The molecule has 13 heavy (non-hydrogen) atoms. The average Bonchev–Trinajstić information content (AvgIpc) is 1.78. The topological polar surface area (TPSA) is 26.3 Å². The van der Waals surface area contributed by atoms with Crippen molar-refractivity contribution in [2.24, 2.45) is 16.7 Å². The summed E-state index contributed by atoms with van der Waals surface area (Å²) in [6.07, 6.45) is 3.89. The summed E-state index contributed by atoms with van der Waals surface area (Å²) in [6.45, 7) is 6.37. The number of ether oxygens (including phenoxy) is 1. The molecule has 0 atom stereocenters. The van der Waals surface area contributed by atoms with Crippen molar-refractivity contribution in [2.75, 3.05) is 6.61 Å². The maximum Gasteiger partial charge on any atom is 0.311 e. The first kappa shape index (κ1) is 9.04. The van der Waals surface area contributed by atoms with Crippen LogP contribution >= 0.6 is 0 Å². The van der Waals surface area contributed by atoms with E-state index in [0.29, 0.717) is 12.0 Å². The Kier molecular flexibility index (Phi) is 1.73. The van der Waals surface area contributed by atoms with Crippen LogP contribution in [0.25, 0.3) is 0 Å². The van der Waals surface area contributed by atoms with Crippen LogP contribution in [0.5, 0.6) is 0 Å². The Morgan fingerprint density at radius 2 is 1.92 bits per heavy atom. The van der Waals surface area contributed by atoms with Gasteiger partial charge in [0.15, 0.2) is 0 Å². The van der Waals surface area contributed by atoms with Crippen LogP contribution in [-0.2, 0) is 9.53 Å². The van der Waals surface area contributed by atoms with E-state index in [1.807, 2.05) is 20.8 Å². The van der Waals surface area contributed by atoms with Gasteiger partial charge in [-0.05, 0) is 46.0 Å². The first-order valence-corrected chi connectivity index (χ1v) is 5.09. The normalized spacial score (nSPS) is 36.1. The fraction of sp³-hybridized carbons (Fsp3) is 0.909. The largest absolute Gasteiger partial charge is 0.465 e. The number of rotatable bonds is 2. The van der Waals surface area contributed by atoms with Gasteiger partial charge in [0.25, 0.3) is 0 Å². The molecular weight excluding hydrogens is 164 g/mol. The lowest BCUT2D eigenvalue weighted by molar-refractivity contribution is -0.181. The van der Waals surface area contributed by atoms with Crippen molar-refractivity contribution < 1.29 is 9.53 Å². The SMILES string of the molecule is CC(C)(C)C(=O)OCC12CC(C1)C2. The van der Waals surface area contributed by atoms with Crippen molar-refractivity contribution >= 4 is 5.97 Å². The molecule has 3 aliphatic carbocycles. The third-order valence-electron chi connectivity index (χ3n) is 3.29. The van der Waals surface area contributed by atoms with Crippen LogP contribution in [0.15, 0.2) is 0 Å². The second-order valence-electron chi connectivity index (χ2n) is 5.80. The van der Waals surface area contributed by atoms with Gasteiger partial charge >= 0.3 is 5.97 Å². The smallest absolute Gasteiger partial charge is 0.311 e. The number of hydrogen-bond acceptors (Lipinski definition) is 2. The van der Waals surface area contributed by atoms with Crippen LogP contribution in [0.4, 0.5) is 0 Å². The van der Waals surface area contributed by atoms with E-state index in [9.17, 15) is 4.79 Å². The van der Waals surface area contributed by atoms with Crippen LogP contribution < -0.4 is 0 Å². The summed E-state index contributed by atoms with van der Waals surface area (Å²) >= 11 is 0. The Bertz CT molecular complexity index is 220. The highest BCUT2D eigenvalue weighted by Crippen LogP contribution is 2.64. The third kappa shape index (κ3) is 1.47. The summed E-state index contributed by atoms with van der Waals surface area (Å²) in [5.41, 5.74) is 0.0785. The number of hydrogen-bond donors (Lipinski definition) is 0. The molecule has 2 bridgehead atoms. The summed E-state index contributed by atoms with van der Waals surface area (Å²) < 4.78 is 5.31. The second kappa shape index (κ2) is 2.49. The highest BCUT2D eigenvalue weighted by molar-refractivity contribution is 5.75. The zero-order chi connectivity index (χ0) is 9.69. The van der Waals surface area contributed by atoms with Gasteiger partial charge in [0.2, 0.25) is 0 Å². The molecule has 2 nitrogen and oxygen atoms in total. The van der Waals surface area contributed by atoms with E-state index in [4.69, 9.17) is 4.74 Å². The Morgan fingerprint density at radius 3 is 2.23 bits per heavy atom. The van der Waals surface area contributed by atoms with Crippen LogP contribution in [0.2, 0.25) is 0 Å². The van der Waals surface area contributed by atoms with Gasteiger partial charge in [-0.1, -0.05) is 0 Å². The lowest BCUT2D eigenvalue weighted by atomic mass is 9.45. The monoisotopic (exact) mass is 182 g/mol. The molecule has 3 rings (SSSR count). The van der Waals surface area contributed by atoms with Gasteiger partial charge in [0.05, 0.1) is 12.0 Å². The molecule has 3 fully saturated rings. The van der Waals surface area contributed by atoms with Crippen molar-refractivity contribution in [1.29, 1.82) is 0 Å².